The Bertz CT molecular complexity index is 870. The molecule has 0 aliphatic carbocycles. The number of ether oxygens (including phenoxy) is 2. The van der Waals surface area contributed by atoms with E-state index in [-0.39, 0.29) is 12.5 Å². The maximum atomic E-state index is 11.6. The van der Waals surface area contributed by atoms with Crippen molar-refractivity contribution >= 4 is 28.0 Å². The molecule has 0 radical (unpaired) electrons. The number of nitrogens with one attached hydrogen (secondary N) is 1. The van der Waals surface area contributed by atoms with Gasteiger partial charge in [-0.3, -0.25) is 0 Å². The lowest BCUT2D eigenvalue weighted by molar-refractivity contribution is 0.102. The highest BCUT2D eigenvalue weighted by molar-refractivity contribution is 6.10. The Morgan fingerprint density at radius 3 is 2.87 bits per heavy atom. The van der Waals surface area contributed by atoms with Crippen LogP contribution in [0.4, 0.5) is 4.79 Å². The second-order valence-electron chi connectivity index (χ2n) is 5.27. The predicted octanol–water partition coefficient (Wildman–Crippen LogP) is 3.06. The summed E-state index contributed by atoms with van der Waals surface area (Å²) < 4.78 is 10.0. The van der Waals surface area contributed by atoms with Gasteiger partial charge in [0.2, 0.25) is 5.88 Å². The number of hydrogen-bond acceptors (Lipinski definition) is 5. The molecule has 2 aromatic heterocycles. The fourth-order valence-electron chi connectivity index (χ4n) is 2.85. The van der Waals surface area contributed by atoms with Crippen molar-refractivity contribution in [3.05, 3.63) is 35.5 Å². The highest BCUT2D eigenvalue weighted by Gasteiger charge is 2.16. The SMILES string of the molecule is CCOC(=O)Oc1ncc2[nH]c3cccc(CCN)c3c2c1C. The molecule has 120 valence electrons. The Labute approximate surface area is 133 Å². The van der Waals surface area contributed by atoms with Crippen LogP contribution in [0.2, 0.25) is 0 Å². The van der Waals surface area contributed by atoms with Crippen LogP contribution >= 0.6 is 0 Å². The van der Waals surface area contributed by atoms with E-state index in [1.807, 2.05) is 19.1 Å². The zero-order valence-corrected chi connectivity index (χ0v) is 13.2. The average Bonchev–Trinajstić information content (AvgIpc) is 2.91. The van der Waals surface area contributed by atoms with E-state index in [1.54, 1.807) is 13.1 Å². The van der Waals surface area contributed by atoms with Gasteiger partial charge in [-0.25, -0.2) is 9.78 Å². The van der Waals surface area contributed by atoms with Crippen molar-refractivity contribution < 1.29 is 14.3 Å². The number of hydrogen-bond donors (Lipinski definition) is 2. The normalized spacial score (nSPS) is 11.1. The van der Waals surface area contributed by atoms with Gasteiger partial charge in [0.1, 0.15) is 0 Å². The van der Waals surface area contributed by atoms with Crippen LogP contribution in [-0.4, -0.2) is 29.3 Å². The van der Waals surface area contributed by atoms with E-state index < -0.39 is 6.16 Å². The van der Waals surface area contributed by atoms with Gasteiger partial charge >= 0.3 is 6.16 Å². The van der Waals surface area contributed by atoms with Crippen LogP contribution in [0.15, 0.2) is 24.4 Å². The number of aromatic amines is 1. The molecule has 0 unspecified atom stereocenters. The first kappa shape index (κ1) is 15.3. The van der Waals surface area contributed by atoms with Crippen LogP contribution in [0.5, 0.6) is 5.88 Å². The number of H-pyrrole nitrogens is 1. The van der Waals surface area contributed by atoms with Gasteiger partial charge in [0.15, 0.2) is 0 Å². The molecule has 0 aliphatic heterocycles. The highest BCUT2D eigenvalue weighted by atomic mass is 16.7. The fourth-order valence-corrected chi connectivity index (χ4v) is 2.85. The van der Waals surface area contributed by atoms with Crippen LogP contribution in [0.1, 0.15) is 18.1 Å². The van der Waals surface area contributed by atoms with E-state index in [1.165, 1.54) is 0 Å². The van der Waals surface area contributed by atoms with Crippen molar-refractivity contribution in [3.8, 4) is 5.88 Å². The Balaban J connectivity index is 2.18. The minimum Gasteiger partial charge on any atom is -0.434 e. The number of carbonyl (C=O) groups is 1. The summed E-state index contributed by atoms with van der Waals surface area (Å²) in [5, 5.41) is 2.10. The third-order valence-corrected chi connectivity index (χ3v) is 3.80. The molecule has 0 saturated heterocycles. The van der Waals surface area contributed by atoms with Gasteiger partial charge in [-0.1, -0.05) is 12.1 Å². The molecule has 0 bridgehead atoms. The van der Waals surface area contributed by atoms with Gasteiger partial charge in [0.25, 0.3) is 0 Å². The smallest absolute Gasteiger partial charge is 0.434 e. The summed E-state index contributed by atoms with van der Waals surface area (Å²) in [5.74, 6) is 0.263. The van der Waals surface area contributed by atoms with E-state index >= 15 is 0 Å². The topological polar surface area (TPSA) is 90.2 Å². The molecule has 0 aliphatic rings. The molecule has 6 nitrogen and oxygen atoms in total. The molecule has 0 atom stereocenters. The lowest BCUT2D eigenvalue weighted by atomic mass is 10.0. The second kappa shape index (κ2) is 6.26. The van der Waals surface area contributed by atoms with E-state index in [9.17, 15) is 4.79 Å². The standard InChI is InChI=1S/C17H19N3O3/c1-3-22-17(21)23-16-10(2)14-13(9-19-16)20-12-6-4-5-11(7-8-18)15(12)14/h4-6,9,20H,3,7-8,18H2,1-2H3. The number of aromatic nitrogens is 2. The second-order valence-corrected chi connectivity index (χ2v) is 5.27. The minimum atomic E-state index is -0.746. The maximum absolute atomic E-state index is 11.6. The molecule has 2 heterocycles. The van der Waals surface area contributed by atoms with Crippen LogP contribution < -0.4 is 10.5 Å². The van der Waals surface area contributed by atoms with E-state index in [2.05, 4.69) is 16.0 Å². The number of pyridine rings is 1. The Hall–Kier alpha value is -2.60. The zero-order chi connectivity index (χ0) is 16.4. The first-order chi connectivity index (χ1) is 11.2. The molecule has 3 rings (SSSR count). The molecule has 0 amide bonds. The monoisotopic (exact) mass is 313 g/mol. The molecule has 0 saturated carbocycles. The lowest BCUT2D eigenvalue weighted by Crippen LogP contribution is -2.11. The molecule has 1 aromatic carbocycles. The van der Waals surface area contributed by atoms with Crippen LogP contribution in [-0.2, 0) is 11.2 Å². The van der Waals surface area contributed by atoms with Gasteiger partial charge in [0.05, 0.1) is 18.3 Å². The minimum absolute atomic E-state index is 0.258. The summed E-state index contributed by atoms with van der Waals surface area (Å²) in [6.45, 7) is 4.44. The molecule has 0 spiro atoms. The Morgan fingerprint density at radius 1 is 1.30 bits per heavy atom. The van der Waals surface area contributed by atoms with Crippen LogP contribution in [0.25, 0.3) is 21.8 Å². The molecule has 0 fully saturated rings. The molecule has 3 aromatic rings. The summed E-state index contributed by atoms with van der Waals surface area (Å²) in [7, 11) is 0. The van der Waals surface area contributed by atoms with Crippen molar-refractivity contribution in [2.45, 2.75) is 20.3 Å². The third kappa shape index (κ3) is 2.73. The van der Waals surface area contributed by atoms with Crippen molar-refractivity contribution in [3.63, 3.8) is 0 Å². The average molecular weight is 313 g/mol. The predicted molar refractivity (Wildman–Crippen MR) is 88.7 cm³/mol. The van der Waals surface area contributed by atoms with Gasteiger partial charge in [-0.15, -0.1) is 0 Å². The summed E-state index contributed by atoms with van der Waals surface area (Å²) in [5.41, 5.74) is 9.60. The summed E-state index contributed by atoms with van der Waals surface area (Å²) >= 11 is 0. The van der Waals surface area contributed by atoms with Gasteiger partial charge in [-0.05, 0) is 38.4 Å². The zero-order valence-electron chi connectivity index (χ0n) is 13.2. The highest BCUT2D eigenvalue weighted by Crippen LogP contribution is 2.34. The number of aryl methyl sites for hydroxylation is 1. The van der Waals surface area contributed by atoms with E-state index in [4.69, 9.17) is 15.2 Å². The number of benzene rings is 1. The van der Waals surface area contributed by atoms with Crippen molar-refractivity contribution in [1.29, 1.82) is 0 Å². The lowest BCUT2D eigenvalue weighted by Gasteiger charge is -2.08. The van der Waals surface area contributed by atoms with Crippen molar-refractivity contribution in [2.75, 3.05) is 13.2 Å². The van der Waals surface area contributed by atoms with Crippen LogP contribution in [0, 0.1) is 6.92 Å². The largest absolute Gasteiger partial charge is 0.515 e. The van der Waals surface area contributed by atoms with E-state index in [0.29, 0.717) is 6.54 Å². The van der Waals surface area contributed by atoms with E-state index in [0.717, 1.165) is 39.4 Å². The van der Waals surface area contributed by atoms with Crippen molar-refractivity contribution in [2.24, 2.45) is 5.73 Å². The van der Waals surface area contributed by atoms with Crippen molar-refractivity contribution in [1.82, 2.24) is 9.97 Å². The van der Waals surface area contributed by atoms with Gasteiger partial charge < -0.3 is 20.2 Å². The van der Waals surface area contributed by atoms with Gasteiger partial charge in [0, 0.05) is 21.9 Å². The van der Waals surface area contributed by atoms with Crippen LogP contribution in [0.3, 0.4) is 0 Å². The maximum Gasteiger partial charge on any atom is 0.515 e. The number of nitrogens with zero attached hydrogens (tertiary/aromatic N) is 1. The number of carbonyl (C=O) groups excluding carboxylic acids is 1. The Kier molecular flexibility index (Phi) is 4.16. The molecule has 23 heavy (non-hydrogen) atoms. The quantitative estimate of drug-likeness (QED) is 0.722. The molecular weight excluding hydrogens is 294 g/mol. The summed E-state index contributed by atoms with van der Waals surface area (Å²) in [6.07, 6.45) is 1.70. The molecule has 3 N–H and O–H groups in total. The molecular formula is C17H19N3O3. The molecule has 6 heteroatoms. The van der Waals surface area contributed by atoms with Gasteiger partial charge in [-0.2, -0.15) is 0 Å². The number of rotatable bonds is 4. The fraction of sp³-hybridized carbons (Fsp3) is 0.294. The first-order valence-electron chi connectivity index (χ1n) is 7.59. The summed E-state index contributed by atoms with van der Waals surface area (Å²) in [6, 6.07) is 6.08. The first-order valence-corrected chi connectivity index (χ1v) is 7.59. The number of fused-ring (bicyclic) bond motifs is 3. The third-order valence-electron chi connectivity index (χ3n) is 3.80. The number of nitrogens with two attached hydrogens (primary N) is 1. The Morgan fingerprint density at radius 2 is 2.13 bits per heavy atom. The summed E-state index contributed by atoms with van der Waals surface area (Å²) in [4.78, 5) is 19.1.